The van der Waals surface area contributed by atoms with Gasteiger partial charge in [0.1, 0.15) is 5.82 Å². The van der Waals surface area contributed by atoms with Crippen LogP contribution in [-0.4, -0.2) is 36.9 Å². The van der Waals surface area contributed by atoms with Crippen molar-refractivity contribution in [1.29, 1.82) is 0 Å². The maximum absolute atomic E-state index is 11.6. The molecule has 0 aliphatic heterocycles. The molecule has 1 atom stereocenters. The fourth-order valence-electron chi connectivity index (χ4n) is 4.47. The fraction of sp³-hybridized carbons (Fsp3) is 0.524. The van der Waals surface area contributed by atoms with Gasteiger partial charge in [0.2, 0.25) is 0 Å². The maximum Gasteiger partial charge on any atom is 0.356 e. The molecular weight excluding hydrogens is 354 g/mol. The average Bonchev–Trinajstić information content (AvgIpc) is 3.05. The zero-order valence-corrected chi connectivity index (χ0v) is 16.4. The average molecular weight is 381 g/mol. The standard InChI is InChI=1S/C21H27N5O2/c1-3-10-26-18-9-8-14(11-16(18)20(25-26)21(27)28)22-12-19-23-13(2)15-6-4-5-7-17(15)24-19/h3,14,22H,1,4-12H2,2H3,(H,27,28). The third-order valence-electron chi connectivity index (χ3n) is 5.84. The molecule has 0 amide bonds. The highest BCUT2D eigenvalue weighted by molar-refractivity contribution is 5.87. The zero-order valence-electron chi connectivity index (χ0n) is 16.4. The summed E-state index contributed by atoms with van der Waals surface area (Å²) in [4.78, 5) is 21.1. The number of carboxylic acids is 1. The van der Waals surface area contributed by atoms with Crippen LogP contribution in [0.5, 0.6) is 0 Å². The number of fused-ring (bicyclic) bond motifs is 2. The number of rotatable bonds is 6. The van der Waals surface area contributed by atoms with E-state index in [-0.39, 0.29) is 11.7 Å². The molecule has 7 nitrogen and oxygen atoms in total. The van der Waals surface area contributed by atoms with Crippen molar-refractivity contribution in [2.75, 3.05) is 0 Å². The molecule has 2 N–H and O–H groups in total. The first kappa shape index (κ1) is 18.8. The number of aromatic carboxylic acids is 1. The molecule has 28 heavy (non-hydrogen) atoms. The number of hydrogen-bond donors (Lipinski definition) is 2. The van der Waals surface area contributed by atoms with Gasteiger partial charge in [-0.15, -0.1) is 6.58 Å². The molecule has 0 aromatic carbocycles. The van der Waals surface area contributed by atoms with E-state index in [0.717, 1.165) is 48.5 Å². The van der Waals surface area contributed by atoms with E-state index in [1.165, 1.54) is 24.1 Å². The van der Waals surface area contributed by atoms with Crippen molar-refractivity contribution in [3.63, 3.8) is 0 Å². The first-order valence-corrected chi connectivity index (χ1v) is 10.1. The SMILES string of the molecule is C=CCn1nc(C(=O)O)c2c1CCC(NCc1nc(C)c3c(n1)CCCC3)C2. The Morgan fingerprint density at radius 1 is 1.29 bits per heavy atom. The Hall–Kier alpha value is -2.54. The number of aromatic nitrogens is 4. The lowest BCUT2D eigenvalue weighted by molar-refractivity contribution is 0.0688. The number of hydrogen-bond acceptors (Lipinski definition) is 5. The number of aryl methyl sites for hydroxylation is 2. The Morgan fingerprint density at radius 3 is 2.89 bits per heavy atom. The Kier molecular flexibility index (Phi) is 5.26. The predicted molar refractivity (Wildman–Crippen MR) is 105 cm³/mol. The van der Waals surface area contributed by atoms with E-state index in [4.69, 9.17) is 9.97 Å². The summed E-state index contributed by atoms with van der Waals surface area (Å²) in [6.07, 6.45) is 8.73. The summed E-state index contributed by atoms with van der Waals surface area (Å²) in [7, 11) is 0. The smallest absolute Gasteiger partial charge is 0.356 e. The van der Waals surface area contributed by atoms with E-state index in [1.807, 2.05) is 0 Å². The Bertz CT molecular complexity index is 918. The Morgan fingerprint density at radius 2 is 2.11 bits per heavy atom. The summed E-state index contributed by atoms with van der Waals surface area (Å²) in [5.74, 6) is -0.127. The van der Waals surface area contributed by atoms with Crippen molar-refractivity contribution in [3.05, 3.63) is 52.4 Å². The van der Waals surface area contributed by atoms with Crippen LogP contribution in [0.15, 0.2) is 12.7 Å². The van der Waals surface area contributed by atoms with Crippen molar-refractivity contribution in [3.8, 4) is 0 Å². The molecule has 7 heteroatoms. The van der Waals surface area contributed by atoms with Gasteiger partial charge in [0.15, 0.2) is 5.69 Å². The normalized spacial score (nSPS) is 18.4. The minimum Gasteiger partial charge on any atom is -0.476 e. The van der Waals surface area contributed by atoms with Crippen LogP contribution in [0.1, 0.15) is 63.8 Å². The number of allylic oxidation sites excluding steroid dienone is 1. The molecule has 2 aliphatic carbocycles. The van der Waals surface area contributed by atoms with Gasteiger partial charge >= 0.3 is 5.97 Å². The van der Waals surface area contributed by atoms with Gasteiger partial charge in [-0.25, -0.2) is 14.8 Å². The van der Waals surface area contributed by atoms with Crippen LogP contribution in [0.4, 0.5) is 0 Å². The number of nitrogens with zero attached hydrogens (tertiary/aromatic N) is 4. The van der Waals surface area contributed by atoms with E-state index in [1.54, 1.807) is 10.8 Å². The predicted octanol–water partition coefficient (Wildman–Crippen LogP) is 2.39. The van der Waals surface area contributed by atoms with E-state index < -0.39 is 5.97 Å². The molecule has 4 rings (SSSR count). The van der Waals surface area contributed by atoms with Crippen molar-refractivity contribution in [1.82, 2.24) is 25.1 Å². The first-order valence-electron chi connectivity index (χ1n) is 10.1. The van der Waals surface area contributed by atoms with Crippen molar-refractivity contribution < 1.29 is 9.90 Å². The van der Waals surface area contributed by atoms with Gasteiger partial charge in [-0.2, -0.15) is 5.10 Å². The summed E-state index contributed by atoms with van der Waals surface area (Å²) in [5, 5.41) is 17.3. The highest BCUT2D eigenvalue weighted by Crippen LogP contribution is 2.26. The van der Waals surface area contributed by atoms with Gasteiger partial charge in [-0.05, 0) is 57.4 Å². The second-order valence-corrected chi connectivity index (χ2v) is 7.73. The van der Waals surface area contributed by atoms with E-state index in [2.05, 4.69) is 23.9 Å². The maximum atomic E-state index is 11.6. The lowest BCUT2D eigenvalue weighted by Gasteiger charge is -2.24. The van der Waals surface area contributed by atoms with Crippen LogP contribution < -0.4 is 5.32 Å². The van der Waals surface area contributed by atoms with Crippen LogP contribution in [-0.2, 0) is 38.8 Å². The molecular formula is C21H27N5O2. The molecule has 148 valence electrons. The molecule has 2 aromatic heterocycles. The highest BCUT2D eigenvalue weighted by atomic mass is 16.4. The van der Waals surface area contributed by atoms with Crippen LogP contribution >= 0.6 is 0 Å². The van der Waals surface area contributed by atoms with E-state index in [0.29, 0.717) is 19.5 Å². The second-order valence-electron chi connectivity index (χ2n) is 7.73. The van der Waals surface area contributed by atoms with Crippen molar-refractivity contribution in [2.45, 2.75) is 71.0 Å². The molecule has 1 unspecified atom stereocenters. The molecule has 0 fully saturated rings. The molecule has 2 heterocycles. The molecule has 0 radical (unpaired) electrons. The highest BCUT2D eigenvalue weighted by Gasteiger charge is 2.28. The van der Waals surface area contributed by atoms with Crippen molar-refractivity contribution >= 4 is 5.97 Å². The number of carbonyl (C=O) groups is 1. The summed E-state index contributed by atoms with van der Waals surface area (Å²) < 4.78 is 1.78. The van der Waals surface area contributed by atoms with E-state index in [9.17, 15) is 9.90 Å². The van der Waals surface area contributed by atoms with Crippen LogP contribution in [0.3, 0.4) is 0 Å². The molecule has 2 aromatic rings. The minimum atomic E-state index is -0.964. The van der Waals surface area contributed by atoms with Crippen LogP contribution in [0, 0.1) is 6.92 Å². The molecule has 0 spiro atoms. The van der Waals surface area contributed by atoms with Gasteiger partial charge in [0, 0.05) is 28.7 Å². The Balaban J connectivity index is 1.48. The van der Waals surface area contributed by atoms with Gasteiger partial charge in [-0.1, -0.05) is 6.08 Å². The summed E-state index contributed by atoms with van der Waals surface area (Å²) in [6, 6.07) is 0.201. The topological polar surface area (TPSA) is 92.9 Å². The first-order chi connectivity index (χ1) is 13.6. The monoisotopic (exact) mass is 381 g/mol. The minimum absolute atomic E-state index is 0.171. The molecule has 0 bridgehead atoms. The summed E-state index contributed by atoms with van der Waals surface area (Å²) >= 11 is 0. The molecule has 2 aliphatic rings. The quantitative estimate of drug-likeness (QED) is 0.747. The van der Waals surface area contributed by atoms with Crippen LogP contribution in [0.25, 0.3) is 0 Å². The molecule has 0 saturated heterocycles. The van der Waals surface area contributed by atoms with Gasteiger partial charge < -0.3 is 10.4 Å². The van der Waals surface area contributed by atoms with Crippen molar-refractivity contribution in [2.24, 2.45) is 0 Å². The second kappa shape index (κ2) is 7.83. The largest absolute Gasteiger partial charge is 0.476 e. The number of nitrogens with one attached hydrogen (secondary N) is 1. The molecule has 0 saturated carbocycles. The third-order valence-corrected chi connectivity index (χ3v) is 5.84. The van der Waals surface area contributed by atoms with E-state index >= 15 is 0 Å². The summed E-state index contributed by atoms with van der Waals surface area (Å²) in [5.41, 5.74) is 5.69. The van der Waals surface area contributed by atoms with Gasteiger partial charge in [0.05, 0.1) is 13.1 Å². The lowest BCUT2D eigenvalue weighted by Crippen LogP contribution is -2.35. The fourth-order valence-corrected chi connectivity index (χ4v) is 4.47. The third kappa shape index (κ3) is 3.58. The zero-order chi connectivity index (χ0) is 19.7. The summed E-state index contributed by atoms with van der Waals surface area (Å²) in [6.45, 7) is 6.96. The number of carboxylic acid groups (broad SMARTS) is 1. The van der Waals surface area contributed by atoms with Gasteiger partial charge in [-0.3, -0.25) is 4.68 Å². The van der Waals surface area contributed by atoms with Crippen LogP contribution in [0.2, 0.25) is 0 Å². The van der Waals surface area contributed by atoms with Gasteiger partial charge in [0.25, 0.3) is 0 Å². The Labute approximate surface area is 164 Å². The lowest BCUT2D eigenvalue weighted by atomic mass is 9.91.